The van der Waals surface area contributed by atoms with Gasteiger partial charge >= 0.3 is 0 Å². The van der Waals surface area contributed by atoms with Crippen LogP contribution in [0.15, 0.2) is 84.0 Å². The zero-order valence-electron chi connectivity index (χ0n) is 14.9. The molecule has 0 aliphatic heterocycles. The third kappa shape index (κ3) is 2.81. The van der Waals surface area contributed by atoms with E-state index in [1.54, 1.807) is 17.3 Å². The highest BCUT2D eigenvalue weighted by atomic mass is 16.3. The fourth-order valence-corrected chi connectivity index (χ4v) is 3.48. The van der Waals surface area contributed by atoms with E-state index in [0.717, 1.165) is 33.0 Å². The van der Waals surface area contributed by atoms with E-state index in [4.69, 9.17) is 4.42 Å². The summed E-state index contributed by atoms with van der Waals surface area (Å²) in [5.41, 5.74) is 3.08. The van der Waals surface area contributed by atoms with E-state index in [2.05, 4.69) is 27.5 Å². The fraction of sp³-hybridized carbons (Fsp3) is 0.0455. The molecule has 6 heteroatoms. The van der Waals surface area contributed by atoms with Gasteiger partial charge < -0.3 is 9.73 Å². The molecule has 1 N–H and O–H groups in total. The normalized spacial score (nSPS) is 11.1. The maximum absolute atomic E-state index is 12.8. The molecule has 2 heterocycles. The topological polar surface area (TPSA) is 73.0 Å². The molecule has 0 unspecified atom stereocenters. The second-order valence-corrected chi connectivity index (χ2v) is 6.50. The van der Waals surface area contributed by atoms with Gasteiger partial charge in [0.1, 0.15) is 18.2 Å². The summed E-state index contributed by atoms with van der Waals surface area (Å²) in [5.74, 6) is -0.122. The van der Waals surface area contributed by atoms with Crippen molar-refractivity contribution in [3.8, 4) is 5.69 Å². The number of aromatic nitrogens is 3. The van der Waals surface area contributed by atoms with E-state index in [0.29, 0.717) is 5.69 Å². The predicted molar refractivity (Wildman–Crippen MR) is 107 cm³/mol. The van der Waals surface area contributed by atoms with E-state index < -0.39 is 0 Å². The third-order valence-corrected chi connectivity index (χ3v) is 4.73. The number of nitrogens with one attached hydrogen (secondary N) is 1. The van der Waals surface area contributed by atoms with Crippen LogP contribution < -0.4 is 5.32 Å². The summed E-state index contributed by atoms with van der Waals surface area (Å²) in [7, 11) is 0. The summed E-state index contributed by atoms with van der Waals surface area (Å²) in [5, 5.41) is 10.3. The monoisotopic (exact) mass is 368 g/mol. The maximum Gasteiger partial charge on any atom is 0.228 e. The molecular weight excluding hydrogens is 352 g/mol. The van der Waals surface area contributed by atoms with Crippen LogP contribution in [0.1, 0.15) is 5.56 Å². The molecule has 6 nitrogen and oxygen atoms in total. The fourth-order valence-electron chi connectivity index (χ4n) is 3.48. The number of para-hydroxylation sites is 2. The molecule has 0 aliphatic rings. The Morgan fingerprint density at radius 3 is 2.79 bits per heavy atom. The van der Waals surface area contributed by atoms with Gasteiger partial charge in [0, 0.05) is 10.9 Å². The Morgan fingerprint density at radius 2 is 1.89 bits per heavy atom. The maximum atomic E-state index is 12.8. The summed E-state index contributed by atoms with van der Waals surface area (Å²) < 4.78 is 7.31. The van der Waals surface area contributed by atoms with E-state index in [1.165, 1.54) is 6.33 Å². The number of anilines is 1. The minimum absolute atomic E-state index is 0.122. The van der Waals surface area contributed by atoms with E-state index in [9.17, 15) is 4.79 Å². The van der Waals surface area contributed by atoms with Crippen LogP contribution in [-0.2, 0) is 11.2 Å². The summed E-state index contributed by atoms with van der Waals surface area (Å²) in [6, 6.07) is 19.6. The molecule has 0 radical (unpaired) electrons. The van der Waals surface area contributed by atoms with Crippen LogP contribution in [0.25, 0.3) is 27.4 Å². The number of benzene rings is 3. The third-order valence-electron chi connectivity index (χ3n) is 4.73. The second kappa shape index (κ2) is 6.66. The van der Waals surface area contributed by atoms with Crippen molar-refractivity contribution >= 4 is 33.3 Å². The molecule has 0 fully saturated rings. The zero-order chi connectivity index (χ0) is 18.9. The lowest BCUT2D eigenvalue weighted by Gasteiger charge is -2.10. The van der Waals surface area contributed by atoms with Gasteiger partial charge in [0.15, 0.2) is 0 Å². The molecule has 0 spiro atoms. The molecule has 3 aromatic carbocycles. The van der Waals surface area contributed by atoms with Crippen LogP contribution in [0.2, 0.25) is 0 Å². The molecule has 0 saturated heterocycles. The molecule has 136 valence electrons. The van der Waals surface area contributed by atoms with Crippen LogP contribution in [-0.4, -0.2) is 20.7 Å². The van der Waals surface area contributed by atoms with E-state index >= 15 is 0 Å². The van der Waals surface area contributed by atoms with E-state index in [1.807, 2.05) is 48.5 Å². The van der Waals surface area contributed by atoms with Crippen LogP contribution in [0, 0.1) is 0 Å². The number of furan rings is 1. The van der Waals surface area contributed by atoms with Gasteiger partial charge in [-0.1, -0.05) is 42.5 Å². The highest BCUT2D eigenvalue weighted by Gasteiger charge is 2.14. The summed E-state index contributed by atoms with van der Waals surface area (Å²) in [4.78, 5) is 16.8. The second-order valence-electron chi connectivity index (χ2n) is 6.50. The van der Waals surface area contributed by atoms with Crippen molar-refractivity contribution in [3.63, 3.8) is 0 Å². The number of hydrogen-bond acceptors (Lipinski definition) is 4. The van der Waals surface area contributed by atoms with Crippen LogP contribution >= 0.6 is 0 Å². The SMILES string of the molecule is O=C(Cc1coc2ccc3ccccc3c12)Nc1ccccc1-n1cncn1. The lowest BCUT2D eigenvalue weighted by molar-refractivity contribution is -0.115. The van der Waals surface area contributed by atoms with Crippen molar-refractivity contribution in [3.05, 3.63) is 85.1 Å². The van der Waals surface area contributed by atoms with Crippen molar-refractivity contribution in [1.82, 2.24) is 14.8 Å². The van der Waals surface area contributed by atoms with Crippen molar-refractivity contribution in [1.29, 1.82) is 0 Å². The van der Waals surface area contributed by atoms with E-state index in [-0.39, 0.29) is 12.3 Å². The average Bonchev–Trinajstić information content (AvgIpc) is 3.39. The van der Waals surface area contributed by atoms with Gasteiger partial charge in [-0.15, -0.1) is 0 Å². The molecule has 0 saturated carbocycles. The summed E-state index contributed by atoms with van der Waals surface area (Å²) in [6.45, 7) is 0. The highest BCUT2D eigenvalue weighted by Crippen LogP contribution is 2.30. The van der Waals surface area contributed by atoms with Crippen molar-refractivity contribution in [2.45, 2.75) is 6.42 Å². The Morgan fingerprint density at radius 1 is 1.04 bits per heavy atom. The van der Waals surface area contributed by atoms with Gasteiger partial charge in [-0.3, -0.25) is 4.79 Å². The van der Waals surface area contributed by atoms with Gasteiger partial charge in [0.2, 0.25) is 5.91 Å². The number of hydrogen-bond donors (Lipinski definition) is 1. The minimum atomic E-state index is -0.122. The Balaban J connectivity index is 1.47. The molecule has 1 amide bonds. The van der Waals surface area contributed by atoms with Gasteiger partial charge in [0.25, 0.3) is 0 Å². The lowest BCUT2D eigenvalue weighted by Crippen LogP contribution is -2.16. The smallest absolute Gasteiger partial charge is 0.228 e. The van der Waals surface area contributed by atoms with Crippen LogP contribution in [0.4, 0.5) is 5.69 Å². The predicted octanol–water partition coefficient (Wildman–Crippen LogP) is 4.35. The van der Waals surface area contributed by atoms with Crippen molar-refractivity contribution < 1.29 is 9.21 Å². The van der Waals surface area contributed by atoms with Crippen molar-refractivity contribution in [2.24, 2.45) is 0 Å². The average molecular weight is 368 g/mol. The summed E-state index contributed by atoms with van der Waals surface area (Å²) >= 11 is 0. The molecule has 0 aliphatic carbocycles. The largest absolute Gasteiger partial charge is 0.464 e. The van der Waals surface area contributed by atoms with Gasteiger partial charge in [-0.25, -0.2) is 9.67 Å². The van der Waals surface area contributed by atoms with Crippen LogP contribution in [0.5, 0.6) is 0 Å². The van der Waals surface area contributed by atoms with Crippen molar-refractivity contribution in [2.75, 3.05) is 5.32 Å². The first-order chi connectivity index (χ1) is 13.8. The first-order valence-corrected chi connectivity index (χ1v) is 8.91. The number of rotatable bonds is 4. The van der Waals surface area contributed by atoms with Crippen LogP contribution in [0.3, 0.4) is 0 Å². The Bertz CT molecular complexity index is 1290. The quantitative estimate of drug-likeness (QED) is 0.512. The Labute approximate surface area is 160 Å². The first-order valence-electron chi connectivity index (χ1n) is 8.91. The molecule has 0 atom stereocenters. The lowest BCUT2D eigenvalue weighted by atomic mass is 10.0. The molecule has 5 rings (SSSR count). The number of carbonyl (C=O) groups is 1. The van der Waals surface area contributed by atoms with Gasteiger partial charge in [-0.05, 0) is 29.0 Å². The first kappa shape index (κ1) is 16.3. The Kier molecular flexibility index (Phi) is 3.87. The molecule has 0 bridgehead atoms. The molecular formula is C22H16N4O2. The number of fused-ring (bicyclic) bond motifs is 3. The molecule has 28 heavy (non-hydrogen) atoms. The van der Waals surface area contributed by atoms with Gasteiger partial charge in [0.05, 0.1) is 24.1 Å². The number of carbonyl (C=O) groups excluding carboxylic acids is 1. The summed E-state index contributed by atoms with van der Waals surface area (Å²) in [6.07, 6.45) is 4.94. The molecule has 5 aromatic rings. The zero-order valence-corrected chi connectivity index (χ0v) is 14.9. The highest BCUT2D eigenvalue weighted by molar-refractivity contribution is 6.09. The minimum Gasteiger partial charge on any atom is -0.464 e. The Hall–Kier alpha value is -3.93. The molecule has 2 aromatic heterocycles. The standard InChI is InChI=1S/C22H16N4O2/c27-21(25-18-7-3-4-8-19(18)26-14-23-13-24-26)11-16-12-28-20-10-9-15-5-1-2-6-17(15)22(16)20/h1-10,12-14H,11H2,(H,25,27). The number of amides is 1. The van der Waals surface area contributed by atoms with Gasteiger partial charge in [-0.2, -0.15) is 5.10 Å². The number of nitrogens with zero attached hydrogens (tertiary/aromatic N) is 3.